The fraction of sp³-hybridized carbons (Fsp3) is 0.900. The molecule has 0 saturated carbocycles. The number of hydrogen-bond acceptors (Lipinski definition) is 3. The Morgan fingerprint density at radius 1 is 1.64 bits per heavy atom. The third-order valence-corrected chi connectivity index (χ3v) is 2.70. The smallest absolute Gasteiger partial charge is 0.409 e. The first-order valence-electron chi connectivity index (χ1n) is 5.07. The van der Waals surface area contributed by atoms with Crippen LogP contribution in [0.1, 0.15) is 27.2 Å². The van der Waals surface area contributed by atoms with Crippen LogP contribution in [0.2, 0.25) is 0 Å². The molecule has 1 aliphatic rings. The molecule has 1 fully saturated rings. The van der Waals surface area contributed by atoms with E-state index in [1.54, 1.807) is 11.8 Å². The minimum atomic E-state index is -0.326. The second-order valence-corrected chi connectivity index (χ2v) is 4.41. The van der Waals surface area contributed by atoms with Crippen molar-refractivity contribution in [3.8, 4) is 0 Å². The molecule has 1 rings (SSSR count). The Morgan fingerprint density at radius 3 is 2.79 bits per heavy atom. The maximum Gasteiger partial charge on any atom is 0.409 e. The Kier molecular flexibility index (Phi) is 3.37. The SMILES string of the molecule is CCOC(=O)N1CCC(O)C(C)(C)C1. The Morgan fingerprint density at radius 2 is 2.29 bits per heavy atom. The summed E-state index contributed by atoms with van der Waals surface area (Å²) in [4.78, 5) is 13.1. The Hall–Kier alpha value is -0.770. The molecular weight excluding hydrogens is 182 g/mol. The molecule has 0 radical (unpaired) electrons. The van der Waals surface area contributed by atoms with Crippen LogP contribution >= 0.6 is 0 Å². The number of likely N-dealkylation sites (tertiary alicyclic amines) is 1. The van der Waals surface area contributed by atoms with Crippen LogP contribution in [0.25, 0.3) is 0 Å². The lowest BCUT2D eigenvalue weighted by Crippen LogP contribution is -2.50. The van der Waals surface area contributed by atoms with E-state index < -0.39 is 0 Å². The van der Waals surface area contributed by atoms with Gasteiger partial charge in [-0.2, -0.15) is 0 Å². The third kappa shape index (κ3) is 2.38. The van der Waals surface area contributed by atoms with Gasteiger partial charge in [-0.3, -0.25) is 0 Å². The summed E-state index contributed by atoms with van der Waals surface area (Å²) < 4.78 is 4.92. The van der Waals surface area contributed by atoms with E-state index in [1.165, 1.54) is 0 Å². The number of amides is 1. The van der Waals surface area contributed by atoms with E-state index >= 15 is 0 Å². The van der Waals surface area contributed by atoms with Gasteiger partial charge in [-0.15, -0.1) is 0 Å². The molecule has 0 bridgehead atoms. The molecule has 0 aliphatic carbocycles. The molecular formula is C10H19NO3. The van der Waals surface area contributed by atoms with Gasteiger partial charge in [0.15, 0.2) is 0 Å². The predicted octanol–water partition coefficient (Wildman–Crippen LogP) is 1.24. The molecule has 1 amide bonds. The number of rotatable bonds is 1. The summed E-state index contributed by atoms with van der Waals surface area (Å²) in [5.74, 6) is 0. The van der Waals surface area contributed by atoms with E-state index in [4.69, 9.17) is 4.74 Å². The fourth-order valence-electron chi connectivity index (χ4n) is 1.72. The summed E-state index contributed by atoms with van der Waals surface area (Å²) in [6, 6.07) is 0. The molecule has 1 unspecified atom stereocenters. The topological polar surface area (TPSA) is 49.8 Å². The van der Waals surface area contributed by atoms with Gasteiger partial charge in [0.05, 0.1) is 12.7 Å². The van der Waals surface area contributed by atoms with E-state index in [2.05, 4.69) is 0 Å². The minimum Gasteiger partial charge on any atom is -0.450 e. The zero-order chi connectivity index (χ0) is 10.8. The summed E-state index contributed by atoms with van der Waals surface area (Å²) in [7, 11) is 0. The van der Waals surface area contributed by atoms with Gasteiger partial charge in [0.1, 0.15) is 0 Å². The Balaban J connectivity index is 2.55. The normalized spacial score (nSPS) is 26.0. The van der Waals surface area contributed by atoms with Crippen LogP contribution in [0.4, 0.5) is 4.79 Å². The second kappa shape index (κ2) is 4.17. The van der Waals surface area contributed by atoms with Crippen LogP contribution in [0.3, 0.4) is 0 Å². The van der Waals surface area contributed by atoms with Gasteiger partial charge in [0.25, 0.3) is 0 Å². The molecule has 1 saturated heterocycles. The molecule has 14 heavy (non-hydrogen) atoms. The standard InChI is InChI=1S/C10H19NO3/c1-4-14-9(13)11-6-5-8(12)10(2,3)7-11/h8,12H,4-7H2,1-3H3. The van der Waals surface area contributed by atoms with Crippen LogP contribution in [0.15, 0.2) is 0 Å². The van der Waals surface area contributed by atoms with Crippen molar-refractivity contribution in [2.24, 2.45) is 5.41 Å². The molecule has 82 valence electrons. The van der Waals surface area contributed by atoms with Crippen molar-refractivity contribution < 1.29 is 14.6 Å². The first kappa shape index (κ1) is 11.3. The van der Waals surface area contributed by atoms with Gasteiger partial charge in [0, 0.05) is 18.5 Å². The zero-order valence-corrected chi connectivity index (χ0v) is 9.12. The van der Waals surface area contributed by atoms with Crippen molar-refractivity contribution >= 4 is 6.09 Å². The number of aliphatic hydroxyl groups is 1. The third-order valence-electron chi connectivity index (χ3n) is 2.70. The van der Waals surface area contributed by atoms with Crippen molar-refractivity contribution in [1.29, 1.82) is 0 Å². The average molecular weight is 201 g/mol. The first-order chi connectivity index (χ1) is 6.47. The summed E-state index contributed by atoms with van der Waals surface area (Å²) >= 11 is 0. The predicted molar refractivity (Wildman–Crippen MR) is 53.0 cm³/mol. The van der Waals surface area contributed by atoms with Gasteiger partial charge in [0.2, 0.25) is 0 Å². The quantitative estimate of drug-likeness (QED) is 0.694. The van der Waals surface area contributed by atoms with Crippen LogP contribution in [-0.4, -0.2) is 41.9 Å². The number of hydrogen-bond donors (Lipinski definition) is 1. The van der Waals surface area contributed by atoms with Crippen LogP contribution in [-0.2, 0) is 4.74 Å². The highest BCUT2D eigenvalue weighted by Crippen LogP contribution is 2.29. The number of ether oxygens (including phenoxy) is 1. The van der Waals surface area contributed by atoms with Crippen LogP contribution in [0, 0.1) is 5.41 Å². The van der Waals surface area contributed by atoms with Crippen molar-refractivity contribution in [1.82, 2.24) is 4.90 Å². The largest absolute Gasteiger partial charge is 0.450 e. The van der Waals surface area contributed by atoms with Gasteiger partial charge < -0.3 is 14.7 Å². The van der Waals surface area contributed by atoms with Gasteiger partial charge in [-0.05, 0) is 13.3 Å². The maximum atomic E-state index is 11.4. The number of carbonyl (C=O) groups is 1. The summed E-state index contributed by atoms with van der Waals surface area (Å²) in [6.07, 6.45) is 0.0341. The number of aliphatic hydroxyl groups excluding tert-OH is 1. The highest BCUT2D eigenvalue weighted by Gasteiger charge is 2.36. The van der Waals surface area contributed by atoms with Crippen molar-refractivity contribution in [3.05, 3.63) is 0 Å². The van der Waals surface area contributed by atoms with Crippen LogP contribution < -0.4 is 0 Å². The van der Waals surface area contributed by atoms with E-state index in [1.807, 2.05) is 13.8 Å². The first-order valence-corrected chi connectivity index (χ1v) is 5.07. The highest BCUT2D eigenvalue weighted by molar-refractivity contribution is 5.67. The number of nitrogens with zero attached hydrogens (tertiary/aromatic N) is 1. The molecule has 1 N–H and O–H groups in total. The highest BCUT2D eigenvalue weighted by atomic mass is 16.6. The summed E-state index contributed by atoms with van der Waals surface area (Å²) in [5.41, 5.74) is -0.231. The fourth-order valence-corrected chi connectivity index (χ4v) is 1.72. The molecule has 0 aromatic heterocycles. The monoisotopic (exact) mass is 201 g/mol. The van der Waals surface area contributed by atoms with Crippen molar-refractivity contribution in [3.63, 3.8) is 0 Å². The van der Waals surface area contributed by atoms with E-state index in [9.17, 15) is 9.90 Å². The summed E-state index contributed by atoms with van der Waals surface area (Å²) in [6.45, 7) is 7.27. The summed E-state index contributed by atoms with van der Waals surface area (Å²) in [5, 5.41) is 9.69. The Bertz CT molecular complexity index is 215. The molecule has 1 atom stereocenters. The van der Waals surface area contributed by atoms with E-state index in [0.717, 1.165) is 0 Å². The lowest BCUT2D eigenvalue weighted by Gasteiger charge is -2.41. The van der Waals surface area contributed by atoms with Gasteiger partial charge in [-0.1, -0.05) is 13.8 Å². The molecule has 0 aromatic carbocycles. The lowest BCUT2D eigenvalue weighted by atomic mass is 9.81. The number of piperidine rings is 1. The molecule has 1 heterocycles. The zero-order valence-electron chi connectivity index (χ0n) is 9.12. The molecule has 0 aromatic rings. The van der Waals surface area contributed by atoms with E-state index in [0.29, 0.717) is 26.1 Å². The van der Waals surface area contributed by atoms with Gasteiger partial charge >= 0.3 is 6.09 Å². The number of carbonyl (C=O) groups excluding carboxylic acids is 1. The Labute approximate surface area is 84.8 Å². The van der Waals surface area contributed by atoms with E-state index in [-0.39, 0.29) is 17.6 Å². The lowest BCUT2D eigenvalue weighted by molar-refractivity contribution is -0.0227. The average Bonchev–Trinajstić information content (AvgIpc) is 2.10. The maximum absolute atomic E-state index is 11.4. The second-order valence-electron chi connectivity index (χ2n) is 4.41. The molecule has 4 nitrogen and oxygen atoms in total. The van der Waals surface area contributed by atoms with Crippen molar-refractivity contribution in [2.45, 2.75) is 33.3 Å². The molecule has 0 spiro atoms. The molecule has 4 heteroatoms. The molecule has 1 aliphatic heterocycles. The minimum absolute atomic E-state index is 0.231. The van der Waals surface area contributed by atoms with Crippen LogP contribution in [0.5, 0.6) is 0 Å². The van der Waals surface area contributed by atoms with Crippen molar-refractivity contribution in [2.75, 3.05) is 19.7 Å². The van der Waals surface area contributed by atoms with Gasteiger partial charge in [-0.25, -0.2) is 4.79 Å².